The SMILES string of the molecule is COc1ccc(-n2cccn2)cc1S(=O)(=O)NC[C@H]1CC(=O)N(C2CCCC2)C1. The van der Waals surface area contributed by atoms with Crippen LogP contribution in [0.4, 0.5) is 0 Å². The number of hydrogen-bond donors (Lipinski definition) is 1. The Morgan fingerprint density at radius 1 is 1.28 bits per heavy atom. The van der Waals surface area contributed by atoms with Gasteiger partial charge >= 0.3 is 0 Å². The van der Waals surface area contributed by atoms with E-state index in [1.807, 2.05) is 4.90 Å². The predicted octanol–water partition coefficient (Wildman–Crippen LogP) is 1.95. The quantitative estimate of drug-likeness (QED) is 0.742. The fourth-order valence-corrected chi connectivity index (χ4v) is 5.56. The lowest BCUT2D eigenvalue weighted by Gasteiger charge is -2.24. The minimum Gasteiger partial charge on any atom is -0.495 e. The lowest BCUT2D eigenvalue weighted by molar-refractivity contribution is -0.129. The minimum atomic E-state index is -3.80. The normalized spacial score (nSPS) is 20.5. The first-order valence-corrected chi connectivity index (χ1v) is 11.4. The Morgan fingerprint density at radius 3 is 2.76 bits per heavy atom. The van der Waals surface area contributed by atoms with E-state index in [1.54, 1.807) is 41.3 Å². The van der Waals surface area contributed by atoms with Crippen LogP contribution in [0, 0.1) is 5.92 Å². The molecule has 0 radical (unpaired) electrons. The van der Waals surface area contributed by atoms with E-state index in [0.29, 0.717) is 24.7 Å². The van der Waals surface area contributed by atoms with Crippen molar-refractivity contribution >= 4 is 15.9 Å². The molecule has 29 heavy (non-hydrogen) atoms. The van der Waals surface area contributed by atoms with Crippen molar-refractivity contribution in [3.63, 3.8) is 0 Å². The van der Waals surface area contributed by atoms with Gasteiger partial charge < -0.3 is 9.64 Å². The summed E-state index contributed by atoms with van der Waals surface area (Å²) in [4.78, 5) is 14.4. The minimum absolute atomic E-state index is 0.0156. The molecule has 8 nitrogen and oxygen atoms in total. The highest BCUT2D eigenvalue weighted by Gasteiger charge is 2.36. The number of hydrogen-bond acceptors (Lipinski definition) is 5. The number of nitrogens with one attached hydrogen (secondary N) is 1. The van der Waals surface area contributed by atoms with E-state index in [1.165, 1.54) is 7.11 Å². The number of ether oxygens (including phenoxy) is 1. The summed E-state index contributed by atoms with van der Waals surface area (Å²) in [5, 5.41) is 4.15. The van der Waals surface area contributed by atoms with Crippen molar-refractivity contribution in [3.8, 4) is 11.4 Å². The number of methoxy groups -OCH3 is 1. The Kier molecular flexibility index (Phi) is 5.60. The third-order valence-corrected chi connectivity index (χ3v) is 7.22. The Balaban J connectivity index is 1.47. The molecule has 0 bridgehead atoms. The maximum atomic E-state index is 13.0. The first kappa shape index (κ1) is 19.9. The number of rotatable bonds is 7. The van der Waals surface area contributed by atoms with Crippen LogP contribution in [0.15, 0.2) is 41.6 Å². The molecule has 2 aliphatic rings. The van der Waals surface area contributed by atoms with Crippen LogP contribution in [-0.2, 0) is 14.8 Å². The van der Waals surface area contributed by atoms with E-state index in [2.05, 4.69) is 9.82 Å². The number of nitrogens with zero attached hydrogens (tertiary/aromatic N) is 3. The van der Waals surface area contributed by atoms with E-state index in [0.717, 1.165) is 25.7 Å². The number of carbonyl (C=O) groups excluding carboxylic acids is 1. The summed E-state index contributed by atoms with van der Waals surface area (Å²) >= 11 is 0. The molecule has 2 aromatic rings. The highest BCUT2D eigenvalue weighted by molar-refractivity contribution is 7.89. The van der Waals surface area contributed by atoms with Crippen molar-refractivity contribution in [2.24, 2.45) is 5.92 Å². The summed E-state index contributed by atoms with van der Waals surface area (Å²) < 4.78 is 35.5. The monoisotopic (exact) mass is 418 g/mol. The smallest absolute Gasteiger partial charge is 0.244 e. The molecule has 0 unspecified atom stereocenters. The first-order valence-electron chi connectivity index (χ1n) is 9.95. The molecule has 4 rings (SSSR count). The average molecular weight is 419 g/mol. The molecule has 1 atom stereocenters. The zero-order chi connectivity index (χ0) is 20.4. The topological polar surface area (TPSA) is 93.5 Å². The standard InChI is InChI=1S/C20H26N4O4S/c1-28-18-8-7-17(24-10-4-9-21-24)12-19(18)29(26,27)22-13-15-11-20(25)23(14-15)16-5-2-3-6-16/h4,7-10,12,15-16,22H,2-3,5-6,11,13-14H2,1H3/t15-/m1/s1. The lowest BCUT2D eigenvalue weighted by Crippen LogP contribution is -2.36. The predicted molar refractivity (Wildman–Crippen MR) is 107 cm³/mol. The highest BCUT2D eigenvalue weighted by atomic mass is 32.2. The zero-order valence-electron chi connectivity index (χ0n) is 16.5. The first-order chi connectivity index (χ1) is 14.0. The van der Waals surface area contributed by atoms with E-state index in [9.17, 15) is 13.2 Å². The second-order valence-electron chi connectivity index (χ2n) is 7.69. The number of amides is 1. The lowest BCUT2D eigenvalue weighted by atomic mass is 10.1. The summed E-state index contributed by atoms with van der Waals surface area (Å²) in [6.45, 7) is 0.850. The molecule has 156 valence electrons. The van der Waals surface area contributed by atoms with E-state index in [4.69, 9.17) is 4.74 Å². The van der Waals surface area contributed by atoms with Gasteiger partial charge in [0, 0.05) is 37.9 Å². The Bertz CT molecular complexity index is 968. The molecule has 0 spiro atoms. The fraction of sp³-hybridized carbons (Fsp3) is 0.500. The Labute approximate surface area is 170 Å². The highest BCUT2D eigenvalue weighted by Crippen LogP contribution is 2.30. The van der Waals surface area contributed by atoms with E-state index in [-0.39, 0.29) is 29.0 Å². The zero-order valence-corrected chi connectivity index (χ0v) is 17.3. The van der Waals surface area contributed by atoms with E-state index < -0.39 is 10.0 Å². The second kappa shape index (κ2) is 8.16. The van der Waals surface area contributed by atoms with Crippen LogP contribution < -0.4 is 9.46 Å². The average Bonchev–Trinajstić information content (AvgIpc) is 3.47. The Morgan fingerprint density at radius 2 is 2.07 bits per heavy atom. The molecule has 9 heteroatoms. The molecule has 1 amide bonds. The molecule has 1 aromatic heterocycles. The van der Waals surface area contributed by atoms with Gasteiger partial charge in [0.2, 0.25) is 15.9 Å². The molecule has 2 heterocycles. The van der Waals surface area contributed by atoms with Crippen LogP contribution in [0.3, 0.4) is 0 Å². The molecular weight excluding hydrogens is 392 g/mol. The summed E-state index contributed by atoms with van der Waals surface area (Å²) in [5.74, 6) is 0.390. The van der Waals surface area contributed by atoms with Gasteiger partial charge in [0.1, 0.15) is 10.6 Å². The summed E-state index contributed by atoms with van der Waals surface area (Å²) in [6.07, 6.45) is 8.21. The number of benzene rings is 1. The van der Waals surface area contributed by atoms with Crippen LogP contribution in [0.1, 0.15) is 32.1 Å². The van der Waals surface area contributed by atoms with Crippen molar-refractivity contribution in [2.45, 2.75) is 43.0 Å². The largest absolute Gasteiger partial charge is 0.495 e. The van der Waals surface area contributed by atoms with Gasteiger partial charge in [-0.2, -0.15) is 5.10 Å². The molecule has 1 saturated heterocycles. The second-order valence-corrected chi connectivity index (χ2v) is 9.43. The summed E-state index contributed by atoms with van der Waals surface area (Å²) in [5.41, 5.74) is 0.625. The number of carbonyl (C=O) groups is 1. The van der Waals surface area contributed by atoms with Gasteiger partial charge in [-0.3, -0.25) is 4.79 Å². The van der Waals surface area contributed by atoms with Crippen LogP contribution in [0.2, 0.25) is 0 Å². The molecular formula is C20H26N4O4S. The third kappa shape index (κ3) is 4.16. The maximum absolute atomic E-state index is 13.0. The van der Waals surface area contributed by atoms with Crippen LogP contribution in [0.5, 0.6) is 5.75 Å². The van der Waals surface area contributed by atoms with Gasteiger partial charge in [0.05, 0.1) is 12.8 Å². The third-order valence-electron chi connectivity index (χ3n) is 5.77. The van der Waals surface area contributed by atoms with Crippen LogP contribution in [-0.4, -0.2) is 55.2 Å². The number of likely N-dealkylation sites (tertiary alicyclic amines) is 1. The van der Waals surface area contributed by atoms with Gasteiger partial charge in [-0.15, -0.1) is 0 Å². The summed E-state index contributed by atoms with van der Waals surface area (Å²) in [6, 6.07) is 7.00. The van der Waals surface area contributed by atoms with Gasteiger partial charge in [-0.05, 0) is 43.0 Å². The van der Waals surface area contributed by atoms with Crippen molar-refractivity contribution < 1.29 is 17.9 Å². The number of aromatic nitrogens is 2. The van der Waals surface area contributed by atoms with Gasteiger partial charge in [-0.1, -0.05) is 12.8 Å². The Hall–Kier alpha value is -2.39. The molecule has 1 aliphatic heterocycles. The number of sulfonamides is 1. The summed E-state index contributed by atoms with van der Waals surface area (Å²) in [7, 11) is -2.36. The van der Waals surface area contributed by atoms with Gasteiger partial charge in [0.25, 0.3) is 0 Å². The molecule has 1 saturated carbocycles. The molecule has 2 fully saturated rings. The fourth-order valence-electron chi connectivity index (χ4n) is 4.26. The van der Waals surface area contributed by atoms with Crippen molar-refractivity contribution in [2.75, 3.05) is 20.2 Å². The van der Waals surface area contributed by atoms with E-state index >= 15 is 0 Å². The van der Waals surface area contributed by atoms with Gasteiger partial charge in [-0.25, -0.2) is 17.8 Å². The molecule has 1 N–H and O–H groups in total. The molecule has 1 aromatic carbocycles. The maximum Gasteiger partial charge on any atom is 0.244 e. The van der Waals surface area contributed by atoms with Crippen LogP contribution >= 0.6 is 0 Å². The van der Waals surface area contributed by atoms with Crippen molar-refractivity contribution in [1.29, 1.82) is 0 Å². The van der Waals surface area contributed by atoms with Crippen LogP contribution in [0.25, 0.3) is 5.69 Å². The van der Waals surface area contributed by atoms with Crippen molar-refractivity contribution in [3.05, 3.63) is 36.7 Å². The van der Waals surface area contributed by atoms with Gasteiger partial charge in [0.15, 0.2) is 0 Å². The van der Waals surface area contributed by atoms with Crippen molar-refractivity contribution in [1.82, 2.24) is 19.4 Å². The molecule has 1 aliphatic carbocycles.